The van der Waals surface area contributed by atoms with E-state index >= 15 is 0 Å². The lowest BCUT2D eigenvalue weighted by atomic mass is 9.86. The van der Waals surface area contributed by atoms with Crippen LogP contribution in [0, 0.1) is 0 Å². The molecule has 0 aliphatic carbocycles. The third-order valence-electron chi connectivity index (χ3n) is 4.00. The van der Waals surface area contributed by atoms with Crippen LogP contribution in [0.2, 0.25) is 0 Å². The van der Waals surface area contributed by atoms with Crippen molar-refractivity contribution in [2.45, 2.75) is 36.3 Å². The van der Waals surface area contributed by atoms with Crippen LogP contribution in [0.4, 0.5) is 11.4 Å². The number of hydrogen-bond acceptors (Lipinski definition) is 4. The minimum atomic E-state index is -0.204. The van der Waals surface area contributed by atoms with Crippen molar-refractivity contribution in [1.82, 2.24) is 0 Å². The first-order chi connectivity index (χ1) is 11.3. The second kappa shape index (κ2) is 6.40. The quantitative estimate of drug-likeness (QED) is 0.765. The van der Waals surface area contributed by atoms with Gasteiger partial charge in [-0.3, -0.25) is 4.79 Å². The molecule has 1 aliphatic heterocycles. The molecule has 0 fully saturated rings. The summed E-state index contributed by atoms with van der Waals surface area (Å²) in [4.78, 5) is 13.6. The van der Waals surface area contributed by atoms with Crippen LogP contribution in [0.3, 0.4) is 0 Å². The molecule has 1 amide bonds. The number of benzene rings is 2. The van der Waals surface area contributed by atoms with Crippen LogP contribution in [0.15, 0.2) is 47.4 Å². The van der Waals surface area contributed by atoms with Crippen LogP contribution in [0.25, 0.3) is 0 Å². The molecule has 0 bridgehead atoms. The smallest absolute Gasteiger partial charge is 0.239 e. The van der Waals surface area contributed by atoms with Crippen molar-refractivity contribution < 1.29 is 9.90 Å². The first-order valence-corrected chi connectivity index (χ1v) is 8.86. The first-order valence-electron chi connectivity index (χ1n) is 7.98. The van der Waals surface area contributed by atoms with Crippen molar-refractivity contribution in [1.29, 1.82) is 0 Å². The Labute approximate surface area is 146 Å². The van der Waals surface area contributed by atoms with Crippen LogP contribution < -0.4 is 10.6 Å². The van der Waals surface area contributed by atoms with E-state index in [1.807, 2.05) is 57.2 Å². The largest absolute Gasteiger partial charge is 0.508 e. The number of para-hydroxylation sites is 1. The Bertz CT molecular complexity index is 768. The maximum atomic E-state index is 12.5. The highest BCUT2D eigenvalue weighted by Crippen LogP contribution is 2.36. The van der Waals surface area contributed by atoms with E-state index in [1.165, 1.54) is 0 Å². The van der Waals surface area contributed by atoms with Gasteiger partial charge in [-0.2, -0.15) is 0 Å². The molecule has 24 heavy (non-hydrogen) atoms. The van der Waals surface area contributed by atoms with Crippen LogP contribution in [0.5, 0.6) is 5.75 Å². The Kier molecular flexibility index (Phi) is 4.45. The van der Waals surface area contributed by atoms with Gasteiger partial charge in [-0.25, -0.2) is 0 Å². The van der Waals surface area contributed by atoms with Gasteiger partial charge in [-0.05, 0) is 29.2 Å². The molecule has 3 rings (SSSR count). The summed E-state index contributed by atoms with van der Waals surface area (Å²) >= 11 is 1.56. The van der Waals surface area contributed by atoms with E-state index in [4.69, 9.17) is 0 Å². The average Bonchev–Trinajstić information content (AvgIpc) is 2.53. The highest BCUT2D eigenvalue weighted by Gasteiger charge is 2.25. The Morgan fingerprint density at radius 1 is 1.25 bits per heavy atom. The highest BCUT2D eigenvalue weighted by atomic mass is 32.2. The van der Waals surface area contributed by atoms with Crippen molar-refractivity contribution >= 4 is 29.0 Å². The summed E-state index contributed by atoms with van der Waals surface area (Å²) in [5.74, 6) is 0.143. The van der Waals surface area contributed by atoms with Crippen LogP contribution in [-0.2, 0) is 10.2 Å². The molecule has 1 unspecified atom stereocenters. The van der Waals surface area contributed by atoms with Gasteiger partial charge in [0, 0.05) is 28.9 Å². The van der Waals surface area contributed by atoms with E-state index < -0.39 is 0 Å². The number of thioether (sulfide) groups is 1. The number of anilines is 2. The van der Waals surface area contributed by atoms with Gasteiger partial charge in [0.05, 0.1) is 0 Å². The number of aromatic hydroxyl groups is 1. The number of carbonyl (C=O) groups is 1. The maximum absolute atomic E-state index is 12.5. The molecule has 0 saturated heterocycles. The Balaban J connectivity index is 1.71. The number of rotatable bonds is 2. The molecule has 5 heteroatoms. The summed E-state index contributed by atoms with van der Waals surface area (Å²) < 4.78 is 0. The van der Waals surface area contributed by atoms with Gasteiger partial charge in [-0.15, -0.1) is 11.8 Å². The monoisotopic (exact) mass is 342 g/mol. The van der Waals surface area contributed by atoms with Crippen LogP contribution >= 0.6 is 11.8 Å². The second-order valence-electron chi connectivity index (χ2n) is 6.95. The lowest BCUT2D eigenvalue weighted by Crippen LogP contribution is -2.33. The van der Waals surface area contributed by atoms with E-state index in [-0.39, 0.29) is 22.3 Å². The molecule has 4 nitrogen and oxygen atoms in total. The zero-order valence-corrected chi connectivity index (χ0v) is 14.9. The van der Waals surface area contributed by atoms with Crippen molar-refractivity contribution in [2.24, 2.45) is 0 Å². The third kappa shape index (κ3) is 3.51. The van der Waals surface area contributed by atoms with E-state index in [1.54, 1.807) is 17.8 Å². The molecule has 0 saturated carbocycles. The summed E-state index contributed by atoms with van der Waals surface area (Å²) in [6.07, 6.45) is 0. The molecular weight excluding hydrogens is 320 g/mol. The highest BCUT2D eigenvalue weighted by molar-refractivity contribution is 8.01. The Hall–Kier alpha value is -2.14. The fourth-order valence-electron chi connectivity index (χ4n) is 2.73. The van der Waals surface area contributed by atoms with Gasteiger partial charge in [0.15, 0.2) is 0 Å². The van der Waals surface area contributed by atoms with Gasteiger partial charge in [0.25, 0.3) is 0 Å². The SMILES string of the molecule is CC(C)(C)c1ccc(NC(=O)C2CNc3ccccc3S2)cc1O. The van der Waals surface area contributed by atoms with Crippen molar-refractivity contribution in [3.8, 4) is 5.75 Å². The standard InChI is InChI=1S/C19H22N2O2S/c1-19(2,3)13-9-8-12(10-15(13)22)21-18(23)17-11-20-14-6-4-5-7-16(14)24-17/h4-10,17,20,22H,11H2,1-3H3,(H,21,23). The molecule has 1 atom stereocenters. The van der Waals surface area contributed by atoms with Crippen LogP contribution in [0.1, 0.15) is 26.3 Å². The Morgan fingerprint density at radius 2 is 2.00 bits per heavy atom. The lowest BCUT2D eigenvalue weighted by Gasteiger charge is -2.25. The summed E-state index contributed by atoms with van der Waals surface area (Å²) in [5.41, 5.74) is 2.41. The van der Waals surface area contributed by atoms with Gasteiger partial charge in [0.2, 0.25) is 5.91 Å². The van der Waals surface area contributed by atoms with Crippen molar-refractivity contribution in [2.75, 3.05) is 17.2 Å². The summed E-state index contributed by atoms with van der Waals surface area (Å²) in [5, 5.41) is 16.2. The maximum Gasteiger partial charge on any atom is 0.239 e. The third-order valence-corrected chi connectivity index (χ3v) is 5.28. The minimum absolute atomic E-state index is 0.0649. The van der Waals surface area contributed by atoms with Gasteiger partial charge in [0.1, 0.15) is 11.0 Å². The van der Waals surface area contributed by atoms with E-state index in [9.17, 15) is 9.90 Å². The summed E-state index contributed by atoms with van der Waals surface area (Å²) in [6.45, 7) is 6.71. The van der Waals surface area contributed by atoms with Gasteiger partial charge >= 0.3 is 0 Å². The zero-order valence-electron chi connectivity index (χ0n) is 14.1. The molecule has 0 spiro atoms. The minimum Gasteiger partial charge on any atom is -0.508 e. The Morgan fingerprint density at radius 3 is 2.71 bits per heavy atom. The molecule has 1 heterocycles. The molecule has 0 aromatic heterocycles. The molecular formula is C19H22N2O2S. The molecule has 3 N–H and O–H groups in total. The fraction of sp³-hybridized carbons (Fsp3) is 0.316. The average molecular weight is 342 g/mol. The molecule has 1 aliphatic rings. The molecule has 2 aromatic rings. The van der Waals surface area contributed by atoms with Gasteiger partial charge < -0.3 is 15.7 Å². The molecule has 0 radical (unpaired) electrons. The summed E-state index contributed by atoms with van der Waals surface area (Å²) in [6, 6.07) is 13.3. The number of fused-ring (bicyclic) bond motifs is 1. The predicted octanol–water partition coefficient (Wildman–Crippen LogP) is 4.21. The molecule has 2 aromatic carbocycles. The number of carbonyl (C=O) groups excluding carboxylic acids is 1. The summed E-state index contributed by atoms with van der Waals surface area (Å²) in [7, 11) is 0. The topological polar surface area (TPSA) is 61.4 Å². The lowest BCUT2D eigenvalue weighted by molar-refractivity contribution is -0.115. The van der Waals surface area contributed by atoms with E-state index in [0.29, 0.717) is 12.2 Å². The zero-order chi connectivity index (χ0) is 17.3. The number of amides is 1. The number of hydrogen-bond donors (Lipinski definition) is 3. The van der Waals surface area contributed by atoms with E-state index in [2.05, 4.69) is 10.6 Å². The van der Waals surface area contributed by atoms with Crippen LogP contribution in [-0.4, -0.2) is 22.8 Å². The first kappa shape index (κ1) is 16.7. The number of nitrogens with one attached hydrogen (secondary N) is 2. The van der Waals surface area contributed by atoms with Crippen molar-refractivity contribution in [3.05, 3.63) is 48.0 Å². The second-order valence-corrected chi connectivity index (χ2v) is 8.20. The van der Waals surface area contributed by atoms with E-state index in [0.717, 1.165) is 16.1 Å². The van der Waals surface area contributed by atoms with Crippen molar-refractivity contribution in [3.63, 3.8) is 0 Å². The normalized spacial score (nSPS) is 16.9. The number of phenolic OH excluding ortho intramolecular Hbond substituents is 1. The van der Waals surface area contributed by atoms with Gasteiger partial charge in [-0.1, -0.05) is 39.0 Å². The predicted molar refractivity (Wildman–Crippen MR) is 100 cm³/mol. The number of phenols is 1. The fourth-order valence-corrected chi connectivity index (χ4v) is 3.79. The molecule has 126 valence electrons.